The molecule has 0 fully saturated rings. The molecule has 0 aromatic rings. The second-order valence-corrected chi connectivity index (χ2v) is 4.22. The molecular weight excluding hydrogens is 190 g/mol. The van der Waals surface area contributed by atoms with Gasteiger partial charge in [0.05, 0.1) is 13.5 Å². The van der Waals surface area contributed by atoms with Crippen molar-refractivity contribution in [1.82, 2.24) is 0 Å². The van der Waals surface area contributed by atoms with Crippen LogP contribution in [0.25, 0.3) is 0 Å². The van der Waals surface area contributed by atoms with Crippen molar-refractivity contribution in [3.63, 3.8) is 0 Å². The number of carbonyl (C=O) groups excluding carboxylic acids is 2. The summed E-state index contributed by atoms with van der Waals surface area (Å²) in [5.74, 6) is 0.130. The van der Waals surface area contributed by atoms with Gasteiger partial charge < -0.3 is 10.5 Å². The molecule has 0 bridgehead atoms. The molecule has 13 heavy (non-hydrogen) atoms. The smallest absolute Gasteiger partial charge is 0.306 e. The minimum atomic E-state index is -0.308. The molecule has 1 atom stereocenters. The highest BCUT2D eigenvalue weighted by Gasteiger charge is 2.09. The van der Waals surface area contributed by atoms with Crippen molar-refractivity contribution >= 4 is 23.6 Å². The van der Waals surface area contributed by atoms with Crippen LogP contribution in [0.4, 0.5) is 0 Å². The molecular formula is C8H15NO3S. The number of hydrogen-bond acceptors (Lipinski definition) is 4. The average Bonchev–Trinajstić information content (AvgIpc) is 2.03. The number of ether oxygens (including phenoxy) is 1. The molecule has 0 aromatic carbocycles. The first kappa shape index (κ1) is 12.3. The van der Waals surface area contributed by atoms with Gasteiger partial charge in [0.2, 0.25) is 5.91 Å². The van der Waals surface area contributed by atoms with Gasteiger partial charge in [0.25, 0.3) is 0 Å². The molecule has 0 saturated carbocycles. The number of rotatable bonds is 6. The highest BCUT2D eigenvalue weighted by Crippen LogP contribution is 2.15. The van der Waals surface area contributed by atoms with E-state index in [9.17, 15) is 9.59 Å². The van der Waals surface area contributed by atoms with Crippen molar-refractivity contribution in [2.45, 2.75) is 25.0 Å². The fraction of sp³-hybridized carbons (Fsp3) is 0.750. The monoisotopic (exact) mass is 205 g/mol. The Morgan fingerprint density at radius 2 is 2.15 bits per heavy atom. The van der Waals surface area contributed by atoms with Crippen LogP contribution < -0.4 is 5.73 Å². The molecule has 5 heteroatoms. The third-order valence-corrected chi connectivity index (χ3v) is 2.61. The number of esters is 1. The van der Waals surface area contributed by atoms with Crippen LogP contribution in [0.2, 0.25) is 0 Å². The minimum Gasteiger partial charge on any atom is -0.469 e. The molecule has 0 aliphatic rings. The highest BCUT2D eigenvalue weighted by atomic mass is 32.2. The Kier molecular flexibility index (Phi) is 6.40. The molecule has 0 aliphatic carbocycles. The first-order valence-electron chi connectivity index (χ1n) is 4.03. The van der Waals surface area contributed by atoms with Crippen molar-refractivity contribution in [2.24, 2.45) is 5.73 Å². The second kappa shape index (κ2) is 6.77. The molecule has 1 amide bonds. The molecule has 0 spiro atoms. The summed E-state index contributed by atoms with van der Waals surface area (Å²) < 4.78 is 4.50. The fourth-order valence-corrected chi connectivity index (χ4v) is 1.71. The van der Waals surface area contributed by atoms with Crippen LogP contribution >= 0.6 is 11.8 Å². The lowest BCUT2D eigenvalue weighted by molar-refractivity contribution is -0.140. The summed E-state index contributed by atoms with van der Waals surface area (Å²) in [5, 5.41) is 0.173. The van der Waals surface area contributed by atoms with Crippen molar-refractivity contribution in [1.29, 1.82) is 0 Å². The van der Waals surface area contributed by atoms with Gasteiger partial charge in [-0.2, -0.15) is 11.8 Å². The maximum Gasteiger partial charge on any atom is 0.306 e. The lowest BCUT2D eigenvalue weighted by Crippen LogP contribution is -2.13. The molecule has 4 nitrogen and oxygen atoms in total. The van der Waals surface area contributed by atoms with E-state index in [1.807, 2.05) is 6.92 Å². The zero-order valence-electron chi connectivity index (χ0n) is 7.91. The quantitative estimate of drug-likeness (QED) is 0.643. The summed E-state index contributed by atoms with van der Waals surface area (Å²) in [6, 6.07) is 0. The molecule has 0 aromatic heterocycles. The van der Waals surface area contributed by atoms with Gasteiger partial charge in [0.15, 0.2) is 0 Å². The summed E-state index contributed by atoms with van der Waals surface area (Å²) in [7, 11) is 1.36. The molecule has 0 radical (unpaired) electrons. The molecule has 0 heterocycles. The zero-order chi connectivity index (χ0) is 10.3. The molecule has 2 N–H and O–H groups in total. The largest absolute Gasteiger partial charge is 0.469 e. The number of methoxy groups -OCH3 is 1. The van der Waals surface area contributed by atoms with Gasteiger partial charge in [0, 0.05) is 17.4 Å². The van der Waals surface area contributed by atoms with Gasteiger partial charge in [-0.25, -0.2) is 0 Å². The summed E-state index contributed by atoms with van der Waals surface area (Å²) in [4.78, 5) is 21.2. The standard InChI is InChI=1S/C8H15NO3S/c1-6(5-8(11)12-2)13-4-3-7(9)10/h6H,3-5H2,1-2H3,(H2,9,10). The lowest BCUT2D eigenvalue weighted by atomic mass is 10.3. The predicted molar refractivity (Wildman–Crippen MR) is 52.4 cm³/mol. The summed E-state index contributed by atoms with van der Waals surface area (Å²) in [6.07, 6.45) is 0.732. The lowest BCUT2D eigenvalue weighted by Gasteiger charge is -2.08. The second-order valence-electron chi connectivity index (χ2n) is 2.68. The third-order valence-electron chi connectivity index (χ3n) is 1.43. The van der Waals surface area contributed by atoms with Crippen LogP contribution in [0.3, 0.4) is 0 Å². The zero-order valence-corrected chi connectivity index (χ0v) is 8.73. The van der Waals surface area contributed by atoms with Crippen molar-refractivity contribution < 1.29 is 14.3 Å². The van der Waals surface area contributed by atoms with Crippen molar-refractivity contribution in [3.05, 3.63) is 0 Å². The first-order chi connectivity index (χ1) is 6.06. The number of thioether (sulfide) groups is 1. The molecule has 76 valence electrons. The van der Waals surface area contributed by atoms with Crippen LogP contribution in [0.1, 0.15) is 19.8 Å². The van der Waals surface area contributed by atoms with Crippen LogP contribution in [0.15, 0.2) is 0 Å². The number of carbonyl (C=O) groups is 2. The Balaban J connectivity index is 3.45. The van der Waals surface area contributed by atoms with E-state index in [-0.39, 0.29) is 17.1 Å². The topological polar surface area (TPSA) is 69.4 Å². The molecule has 0 rings (SSSR count). The molecule has 0 aliphatic heterocycles. The Labute approximate surface area is 82.2 Å². The maximum atomic E-state index is 10.8. The van der Waals surface area contributed by atoms with Gasteiger partial charge >= 0.3 is 5.97 Å². The van der Waals surface area contributed by atoms with Crippen LogP contribution in [0.5, 0.6) is 0 Å². The summed E-state index contributed by atoms with van der Waals surface area (Å²) in [6.45, 7) is 1.92. The number of amides is 1. The van der Waals surface area contributed by atoms with Crippen LogP contribution in [0, 0.1) is 0 Å². The summed E-state index contributed by atoms with van der Waals surface area (Å²) >= 11 is 1.55. The Hall–Kier alpha value is -0.710. The summed E-state index contributed by atoms with van der Waals surface area (Å²) in [5.41, 5.74) is 4.96. The van der Waals surface area contributed by atoms with Crippen LogP contribution in [-0.4, -0.2) is 30.0 Å². The van der Waals surface area contributed by atoms with E-state index < -0.39 is 0 Å². The van der Waals surface area contributed by atoms with E-state index >= 15 is 0 Å². The molecule has 1 unspecified atom stereocenters. The normalized spacial score (nSPS) is 12.2. The maximum absolute atomic E-state index is 10.8. The van der Waals surface area contributed by atoms with Crippen molar-refractivity contribution in [2.75, 3.05) is 12.9 Å². The van der Waals surface area contributed by atoms with Crippen LogP contribution in [-0.2, 0) is 14.3 Å². The van der Waals surface area contributed by atoms with Crippen molar-refractivity contribution in [3.8, 4) is 0 Å². The van der Waals surface area contributed by atoms with Gasteiger partial charge in [-0.3, -0.25) is 9.59 Å². The fourth-order valence-electron chi connectivity index (χ4n) is 0.738. The molecule has 0 saturated heterocycles. The number of nitrogens with two attached hydrogens (primary N) is 1. The number of primary amides is 1. The van der Waals surface area contributed by atoms with E-state index in [1.54, 1.807) is 11.8 Å². The van der Waals surface area contributed by atoms with E-state index in [1.165, 1.54) is 7.11 Å². The van der Waals surface area contributed by atoms with E-state index in [0.29, 0.717) is 18.6 Å². The first-order valence-corrected chi connectivity index (χ1v) is 5.08. The minimum absolute atomic E-state index is 0.173. The van der Waals surface area contributed by atoms with E-state index in [2.05, 4.69) is 4.74 Å². The van der Waals surface area contributed by atoms with Gasteiger partial charge in [-0.15, -0.1) is 0 Å². The predicted octanol–water partition coefficient (Wildman–Crippen LogP) is 0.547. The average molecular weight is 205 g/mol. The number of hydrogen-bond donors (Lipinski definition) is 1. The van der Waals surface area contributed by atoms with Gasteiger partial charge in [-0.1, -0.05) is 6.92 Å². The van der Waals surface area contributed by atoms with E-state index in [4.69, 9.17) is 5.73 Å². The third kappa shape index (κ3) is 7.64. The Bertz CT molecular complexity index is 184. The Morgan fingerprint density at radius 1 is 1.54 bits per heavy atom. The van der Waals surface area contributed by atoms with Gasteiger partial charge in [0.1, 0.15) is 0 Å². The van der Waals surface area contributed by atoms with E-state index in [0.717, 1.165) is 0 Å². The highest BCUT2D eigenvalue weighted by molar-refractivity contribution is 7.99. The van der Waals surface area contributed by atoms with Gasteiger partial charge in [-0.05, 0) is 0 Å². The SMILES string of the molecule is COC(=O)CC(C)SCCC(N)=O. The Morgan fingerprint density at radius 3 is 2.62 bits per heavy atom.